The van der Waals surface area contributed by atoms with E-state index in [1.54, 1.807) is 4.90 Å². The van der Waals surface area contributed by atoms with Crippen LogP contribution in [0.25, 0.3) is 0 Å². The average molecular weight is 338 g/mol. The van der Waals surface area contributed by atoms with Crippen LogP contribution in [0.1, 0.15) is 22.3 Å². The van der Waals surface area contributed by atoms with Gasteiger partial charge in [0.15, 0.2) is 0 Å². The normalized spacial score (nSPS) is 15.7. The molecule has 1 unspecified atom stereocenters. The molecule has 0 fully saturated rings. The van der Waals surface area contributed by atoms with Gasteiger partial charge in [0, 0.05) is 32.1 Å². The lowest BCUT2D eigenvalue weighted by Crippen LogP contribution is -2.35. The smallest absolute Gasteiger partial charge is 0.253 e. The van der Waals surface area contributed by atoms with Gasteiger partial charge in [-0.05, 0) is 43.8 Å². The topological polar surface area (TPSA) is 32.8 Å². The number of rotatable bonds is 7. The summed E-state index contributed by atoms with van der Waals surface area (Å²) in [6, 6.07) is 17.7. The molecule has 0 aliphatic carbocycles. The van der Waals surface area contributed by atoms with E-state index in [0.717, 1.165) is 43.8 Å². The van der Waals surface area contributed by atoms with E-state index in [0.29, 0.717) is 0 Å². The van der Waals surface area contributed by atoms with E-state index in [1.807, 2.05) is 49.5 Å². The van der Waals surface area contributed by atoms with Gasteiger partial charge in [0.1, 0.15) is 11.9 Å². The second-order valence-corrected chi connectivity index (χ2v) is 6.76. The molecule has 2 aromatic carbocycles. The highest BCUT2D eigenvalue weighted by Gasteiger charge is 2.23. The Morgan fingerprint density at radius 2 is 1.76 bits per heavy atom. The predicted octanol–water partition coefficient (Wildman–Crippen LogP) is 3.08. The number of carbonyl (C=O) groups excluding carboxylic acids is 1. The van der Waals surface area contributed by atoms with Gasteiger partial charge < -0.3 is 14.5 Å². The molecule has 1 amide bonds. The summed E-state index contributed by atoms with van der Waals surface area (Å²) in [4.78, 5) is 16.4. The van der Waals surface area contributed by atoms with Gasteiger partial charge in [-0.15, -0.1) is 0 Å². The molecular weight excluding hydrogens is 312 g/mol. The van der Waals surface area contributed by atoms with Crippen LogP contribution < -0.4 is 4.74 Å². The number of nitrogens with zero attached hydrogens (tertiary/aromatic N) is 2. The van der Waals surface area contributed by atoms with Gasteiger partial charge in [0.05, 0.1) is 0 Å². The van der Waals surface area contributed by atoms with Gasteiger partial charge in [-0.3, -0.25) is 4.79 Å². The molecule has 0 saturated heterocycles. The predicted molar refractivity (Wildman–Crippen MR) is 100 cm³/mol. The number of amides is 1. The number of hydrogen-bond acceptors (Lipinski definition) is 3. The number of fused-ring (bicyclic) bond motifs is 1. The zero-order valence-corrected chi connectivity index (χ0v) is 15.0. The third-order valence-electron chi connectivity index (χ3n) is 4.63. The molecule has 2 aromatic rings. The fourth-order valence-electron chi connectivity index (χ4n) is 3.28. The van der Waals surface area contributed by atoms with E-state index in [4.69, 9.17) is 4.74 Å². The average Bonchev–Trinajstić information content (AvgIpc) is 3.03. The van der Waals surface area contributed by atoms with Crippen molar-refractivity contribution >= 4 is 5.91 Å². The number of hydrogen-bond donors (Lipinski definition) is 0. The molecule has 132 valence electrons. The van der Waals surface area contributed by atoms with E-state index < -0.39 is 0 Å². The molecule has 0 saturated carbocycles. The Labute approximate surface area is 150 Å². The first-order chi connectivity index (χ1) is 12.1. The van der Waals surface area contributed by atoms with Crippen LogP contribution in [-0.2, 0) is 6.42 Å². The summed E-state index contributed by atoms with van der Waals surface area (Å²) < 4.78 is 5.99. The van der Waals surface area contributed by atoms with Gasteiger partial charge in [0.2, 0.25) is 0 Å². The maximum atomic E-state index is 12.3. The van der Waals surface area contributed by atoms with Crippen LogP contribution in [0, 0.1) is 0 Å². The maximum absolute atomic E-state index is 12.3. The van der Waals surface area contributed by atoms with Crippen molar-refractivity contribution in [2.45, 2.75) is 18.9 Å². The third-order valence-corrected chi connectivity index (χ3v) is 4.63. The van der Waals surface area contributed by atoms with Gasteiger partial charge in [-0.1, -0.05) is 36.4 Å². The van der Waals surface area contributed by atoms with Crippen LogP contribution in [-0.4, -0.2) is 55.5 Å². The summed E-state index contributed by atoms with van der Waals surface area (Å²) >= 11 is 0. The van der Waals surface area contributed by atoms with Crippen LogP contribution in [0.3, 0.4) is 0 Å². The molecule has 0 aromatic heterocycles. The summed E-state index contributed by atoms with van der Waals surface area (Å²) in [6.45, 7) is 2.61. The highest BCUT2D eigenvalue weighted by atomic mass is 16.5. The van der Waals surface area contributed by atoms with Crippen LogP contribution in [0.2, 0.25) is 0 Å². The largest absolute Gasteiger partial charge is 0.488 e. The fourth-order valence-corrected chi connectivity index (χ4v) is 3.28. The van der Waals surface area contributed by atoms with E-state index in [1.165, 1.54) is 5.56 Å². The van der Waals surface area contributed by atoms with Gasteiger partial charge in [0.25, 0.3) is 5.91 Å². The van der Waals surface area contributed by atoms with E-state index in [9.17, 15) is 4.79 Å². The molecule has 1 heterocycles. The number of carbonyl (C=O) groups is 1. The highest BCUT2D eigenvalue weighted by molar-refractivity contribution is 5.93. The van der Waals surface area contributed by atoms with Crippen molar-refractivity contribution in [2.24, 2.45) is 0 Å². The minimum absolute atomic E-state index is 0.0813. The summed E-state index contributed by atoms with van der Waals surface area (Å²) in [5.41, 5.74) is 2.05. The monoisotopic (exact) mass is 338 g/mol. The van der Waals surface area contributed by atoms with Gasteiger partial charge in [-0.25, -0.2) is 0 Å². The Bertz CT molecular complexity index is 677. The second-order valence-electron chi connectivity index (χ2n) is 6.76. The molecule has 0 N–H and O–H groups in total. The second kappa shape index (κ2) is 8.17. The molecular formula is C21H26N2O2. The molecule has 3 rings (SSSR count). The lowest BCUT2D eigenvalue weighted by molar-refractivity contribution is 0.0787. The minimum atomic E-state index is 0.0813. The number of ether oxygens (including phenoxy) is 1. The molecule has 1 aliphatic rings. The zero-order valence-electron chi connectivity index (χ0n) is 15.0. The number of likely N-dealkylation sites (N-methyl/N-ethyl adjacent to an activating group) is 1. The summed E-state index contributed by atoms with van der Waals surface area (Å²) in [5.74, 6) is 1.10. The van der Waals surface area contributed by atoms with Crippen molar-refractivity contribution in [3.8, 4) is 5.75 Å². The van der Waals surface area contributed by atoms with Crippen molar-refractivity contribution in [1.82, 2.24) is 9.80 Å². The quantitative estimate of drug-likeness (QED) is 0.778. The molecule has 4 heteroatoms. The Morgan fingerprint density at radius 3 is 2.52 bits per heavy atom. The summed E-state index contributed by atoms with van der Waals surface area (Å²) in [7, 11) is 3.98. The molecule has 0 spiro atoms. The highest BCUT2D eigenvalue weighted by Crippen LogP contribution is 2.28. The van der Waals surface area contributed by atoms with Crippen molar-refractivity contribution in [2.75, 3.05) is 33.7 Å². The number of benzene rings is 2. The molecule has 4 nitrogen and oxygen atoms in total. The summed E-state index contributed by atoms with van der Waals surface area (Å²) in [6.07, 6.45) is 2.16. The van der Waals surface area contributed by atoms with Crippen LogP contribution in [0.4, 0.5) is 0 Å². The van der Waals surface area contributed by atoms with Crippen molar-refractivity contribution in [3.63, 3.8) is 0 Å². The molecule has 1 aliphatic heterocycles. The Hall–Kier alpha value is -2.33. The zero-order chi connectivity index (χ0) is 17.6. The van der Waals surface area contributed by atoms with Crippen LogP contribution >= 0.6 is 0 Å². The van der Waals surface area contributed by atoms with Crippen molar-refractivity contribution < 1.29 is 9.53 Å². The third kappa shape index (κ3) is 4.60. The first-order valence-electron chi connectivity index (χ1n) is 8.87. The molecule has 25 heavy (non-hydrogen) atoms. The minimum Gasteiger partial charge on any atom is -0.488 e. The Kier molecular flexibility index (Phi) is 5.71. The van der Waals surface area contributed by atoms with Crippen molar-refractivity contribution in [3.05, 3.63) is 65.7 Å². The maximum Gasteiger partial charge on any atom is 0.253 e. The van der Waals surface area contributed by atoms with Gasteiger partial charge in [-0.2, -0.15) is 0 Å². The van der Waals surface area contributed by atoms with Crippen LogP contribution in [0.5, 0.6) is 5.75 Å². The lowest BCUT2D eigenvalue weighted by Gasteiger charge is -2.23. The summed E-state index contributed by atoms with van der Waals surface area (Å²) in [5, 5.41) is 0. The SMILES string of the molecule is CN(CCCN(C)C(=O)c1ccccc1)CC1Cc2ccccc2O1. The molecule has 0 radical (unpaired) electrons. The standard InChI is InChI=1S/C21H26N2O2/c1-22(16-19-15-18-11-6-7-12-20(18)25-19)13-8-14-23(2)21(24)17-9-4-3-5-10-17/h3-7,9-12,19H,8,13-16H2,1-2H3. The Balaban J connectivity index is 1.38. The van der Waals surface area contributed by atoms with Crippen molar-refractivity contribution in [1.29, 1.82) is 0 Å². The lowest BCUT2D eigenvalue weighted by atomic mass is 10.1. The van der Waals surface area contributed by atoms with Crippen LogP contribution in [0.15, 0.2) is 54.6 Å². The first kappa shape index (κ1) is 17.5. The first-order valence-corrected chi connectivity index (χ1v) is 8.87. The number of para-hydroxylation sites is 1. The van der Waals surface area contributed by atoms with E-state index >= 15 is 0 Å². The molecule has 0 bridgehead atoms. The molecule has 1 atom stereocenters. The van der Waals surface area contributed by atoms with Gasteiger partial charge >= 0.3 is 0 Å². The van der Waals surface area contributed by atoms with E-state index in [2.05, 4.69) is 24.1 Å². The Morgan fingerprint density at radius 1 is 1.04 bits per heavy atom. The van der Waals surface area contributed by atoms with E-state index in [-0.39, 0.29) is 12.0 Å². The fraction of sp³-hybridized carbons (Fsp3) is 0.381.